The zero-order valence-corrected chi connectivity index (χ0v) is 6.90. The van der Waals surface area contributed by atoms with Crippen molar-refractivity contribution in [2.45, 2.75) is 6.42 Å². The second kappa shape index (κ2) is 4.57. The third kappa shape index (κ3) is 2.40. The van der Waals surface area contributed by atoms with E-state index in [2.05, 4.69) is 0 Å². The van der Waals surface area contributed by atoms with Crippen molar-refractivity contribution in [2.75, 3.05) is 6.54 Å². The number of nitrogens with two attached hydrogens (primary N) is 1. The number of hydrogen-bond donors (Lipinski definition) is 2. The minimum atomic E-state index is 0.346. The molecule has 0 aromatic heterocycles. The van der Waals surface area contributed by atoms with E-state index in [-0.39, 0.29) is 0 Å². The normalized spacial score (nSPS) is 10.8. The van der Waals surface area contributed by atoms with Crippen molar-refractivity contribution in [3.8, 4) is 5.75 Å². The van der Waals surface area contributed by atoms with Crippen LogP contribution >= 0.6 is 0 Å². The van der Waals surface area contributed by atoms with Gasteiger partial charge in [-0.15, -0.1) is 0 Å². The van der Waals surface area contributed by atoms with Gasteiger partial charge in [-0.25, -0.2) is 0 Å². The van der Waals surface area contributed by atoms with Crippen LogP contribution < -0.4 is 5.73 Å². The number of phenols is 1. The maximum absolute atomic E-state index is 9.34. The van der Waals surface area contributed by atoms with E-state index in [0.29, 0.717) is 12.3 Å². The molecule has 0 spiro atoms. The lowest BCUT2D eigenvalue weighted by Gasteiger charge is -1.98. The summed E-state index contributed by atoms with van der Waals surface area (Å²) in [7, 11) is 0. The Morgan fingerprint density at radius 3 is 2.67 bits per heavy atom. The highest BCUT2D eigenvalue weighted by Crippen LogP contribution is 2.15. The molecule has 0 fully saturated rings. The number of benzene rings is 1. The predicted octanol–water partition coefficient (Wildman–Crippen LogP) is 1.45. The van der Waals surface area contributed by atoms with Gasteiger partial charge in [0.05, 0.1) is 0 Å². The SMILES string of the molecule is NCC=CCc1ccccc1O. The van der Waals surface area contributed by atoms with Gasteiger partial charge in [0, 0.05) is 6.54 Å². The van der Waals surface area contributed by atoms with Crippen molar-refractivity contribution in [2.24, 2.45) is 5.73 Å². The van der Waals surface area contributed by atoms with Crippen molar-refractivity contribution < 1.29 is 5.11 Å². The highest BCUT2D eigenvalue weighted by atomic mass is 16.3. The molecule has 0 aliphatic carbocycles. The molecule has 0 aliphatic rings. The van der Waals surface area contributed by atoms with Gasteiger partial charge in [-0.1, -0.05) is 30.4 Å². The third-order valence-electron chi connectivity index (χ3n) is 1.63. The van der Waals surface area contributed by atoms with Gasteiger partial charge in [-0.3, -0.25) is 0 Å². The van der Waals surface area contributed by atoms with Gasteiger partial charge in [0.15, 0.2) is 0 Å². The summed E-state index contributed by atoms with van der Waals surface area (Å²) in [4.78, 5) is 0. The fraction of sp³-hybridized carbons (Fsp3) is 0.200. The van der Waals surface area contributed by atoms with Crippen LogP contribution in [0.3, 0.4) is 0 Å². The molecule has 0 unspecified atom stereocenters. The Labute approximate surface area is 72.3 Å². The third-order valence-corrected chi connectivity index (χ3v) is 1.63. The second-order valence-electron chi connectivity index (χ2n) is 2.54. The molecule has 0 atom stereocenters. The Morgan fingerprint density at radius 1 is 1.25 bits per heavy atom. The number of para-hydroxylation sites is 1. The molecule has 1 aromatic rings. The molecule has 2 heteroatoms. The molecule has 0 heterocycles. The molecule has 0 aliphatic heterocycles. The number of phenolic OH excluding ortho intramolecular Hbond substituents is 1. The van der Waals surface area contributed by atoms with E-state index in [4.69, 9.17) is 5.73 Å². The van der Waals surface area contributed by atoms with Crippen LogP contribution in [0.4, 0.5) is 0 Å². The average molecular weight is 163 g/mol. The highest BCUT2D eigenvalue weighted by molar-refractivity contribution is 5.33. The first-order chi connectivity index (χ1) is 5.84. The summed E-state index contributed by atoms with van der Waals surface area (Å²) in [6.45, 7) is 0.549. The lowest BCUT2D eigenvalue weighted by atomic mass is 10.1. The van der Waals surface area contributed by atoms with Gasteiger partial charge in [0.1, 0.15) is 5.75 Å². The fourth-order valence-corrected chi connectivity index (χ4v) is 0.990. The largest absolute Gasteiger partial charge is 0.508 e. The molecule has 64 valence electrons. The summed E-state index contributed by atoms with van der Waals surface area (Å²) in [5.74, 6) is 0.346. The van der Waals surface area contributed by atoms with Gasteiger partial charge in [0.25, 0.3) is 0 Å². The molecule has 0 amide bonds. The number of hydrogen-bond acceptors (Lipinski definition) is 2. The predicted molar refractivity (Wildman–Crippen MR) is 50.0 cm³/mol. The Bertz CT molecular complexity index is 268. The zero-order chi connectivity index (χ0) is 8.81. The van der Waals surface area contributed by atoms with Crippen molar-refractivity contribution in [3.63, 3.8) is 0 Å². The molecular formula is C10H13NO. The lowest BCUT2D eigenvalue weighted by molar-refractivity contribution is 0.469. The number of allylic oxidation sites excluding steroid dienone is 1. The van der Waals surface area contributed by atoms with Crippen molar-refractivity contribution in [1.82, 2.24) is 0 Å². The maximum Gasteiger partial charge on any atom is 0.119 e. The van der Waals surface area contributed by atoms with E-state index in [1.165, 1.54) is 0 Å². The molecule has 0 bridgehead atoms. The molecule has 1 rings (SSSR count). The molecule has 12 heavy (non-hydrogen) atoms. The van der Waals surface area contributed by atoms with Crippen molar-refractivity contribution in [3.05, 3.63) is 42.0 Å². The molecule has 2 nitrogen and oxygen atoms in total. The first-order valence-electron chi connectivity index (χ1n) is 3.96. The van der Waals surface area contributed by atoms with Gasteiger partial charge in [-0.2, -0.15) is 0 Å². The Hall–Kier alpha value is -1.28. The van der Waals surface area contributed by atoms with Gasteiger partial charge in [0.2, 0.25) is 0 Å². The lowest BCUT2D eigenvalue weighted by Crippen LogP contribution is -1.92. The minimum absolute atomic E-state index is 0.346. The van der Waals surface area contributed by atoms with Crippen molar-refractivity contribution >= 4 is 0 Å². The molecular weight excluding hydrogens is 150 g/mol. The summed E-state index contributed by atoms with van der Waals surface area (Å²) in [6.07, 6.45) is 4.57. The summed E-state index contributed by atoms with van der Waals surface area (Å²) < 4.78 is 0. The maximum atomic E-state index is 9.34. The Morgan fingerprint density at radius 2 is 2.00 bits per heavy atom. The van der Waals surface area contributed by atoms with Gasteiger partial charge < -0.3 is 10.8 Å². The van der Waals surface area contributed by atoms with E-state index in [9.17, 15) is 5.11 Å². The summed E-state index contributed by atoms with van der Waals surface area (Å²) in [5.41, 5.74) is 6.21. The van der Waals surface area contributed by atoms with Crippen LogP contribution in [0.25, 0.3) is 0 Å². The first kappa shape index (κ1) is 8.81. The van der Waals surface area contributed by atoms with E-state index >= 15 is 0 Å². The first-order valence-corrected chi connectivity index (χ1v) is 3.96. The van der Waals surface area contributed by atoms with E-state index < -0.39 is 0 Å². The van der Waals surface area contributed by atoms with E-state index in [1.54, 1.807) is 6.07 Å². The van der Waals surface area contributed by atoms with Crippen LogP contribution in [0.5, 0.6) is 5.75 Å². The molecule has 3 N–H and O–H groups in total. The van der Waals surface area contributed by atoms with Crippen LogP contribution in [0.15, 0.2) is 36.4 Å². The molecule has 0 saturated carbocycles. The summed E-state index contributed by atoms with van der Waals surface area (Å²) in [5, 5.41) is 9.34. The summed E-state index contributed by atoms with van der Waals surface area (Å²) >= 11 is 0. The second-order valence-corrected chi connectivity index (χ2v) is 2.54. The Kier molecular flexibility index (Phi) is 3.35. The number of aromatic hydroxyl groups is 1. The quantitative estimate of drug-likeness (QED) is 0.662. The molecule has 1 aromatic carbocycles. The highest BCUT2D eigenvalue weighted by Gasteiger charge is 1.94. The summed E-state index contributed by atoms with van der Waals surface area (Å²) in [6, 6.07) is 7.30. The zero-order valence-electron chi connectivity index (χ0n) is 6.90. The van der Waals surface area contributed by atoms with Gasteiger partial charge >= 0.3 is 0 Å². The van der Waals surface area contributed by atoms with Crippen LogP contribution in [-0.4, -0.2) is 11.7 Å². The van der Waals surface area contributed by atoms with Crippen molar-refractivity contribution in [1.29, 1.82) is 0 Å². The van der Waals surface area contributed by atoms with Crippen LogP contribution in [0.1, 0.15) is 5.56 Å². The van der Waals surface area contributed by atoms with Crippen LogP contribution in [-0.2, 0) is 6.42 Å². The minimum Gasteiger partial charge on any atom is -0.508 e. The Balaban J connectivity index is 2.63. The molecule has 0 saturated heterocycles. The van der Waals surface area contributed by atoms with Gasteiger partial charge in [-0.05, 0) is 18.1 Å². The standard InChI is InChI=1S/C10H13NO/c11-8-4-3-6-9-5-1-2-7-10(9)12/h1-5,7,12H,6,8,11H2. The number of rotatable bonds is 3. The average Bonchev–Trinajstić information content (AvgIpc) is 2.09. The van der Waals surface area contributed by atoms with Crippen LogP contribution in [0.2, 0.25) is 0 Å². The fourth-order valence-electron chi connectivity index (χ4n) is 0.990. The van der Waals surface area contributed by atoms with E-state index in [1.807, 2.05) is 30.4 Å². The topological polar surface area (TPSA) is 46.2 Å². The van der Waals surface area contributed by atoms with Crippen LogP contribution in [0, 0.1) is 0 Å². The van der Waals surface area contributed by atoms with E-state index in [0.717, 1.165) is 12.0 Å². The monoisotopic (exact) mass is 163 g/mol. The smallest absolute Gasteiger partial charge is 0.119 e. The molecule has 0 radical (unpaired) electrons.